The van der Waals surface area contributed by atoms with Gasteiger partial charge in [0.25, 0.3) is 5.91 Å². The van der Waals surface area contributed by atoms with E-state index in [1.54, 1.807) is 18.9 Å². The first-order valence-corrected chi connectivity index (χ1v) is 7.72. The fourth-order valence-corrected chi connectivity index (χ4v) is 2.12. The molecule has 1 amide bonds. The maximum atomic E-state index is 13.0. The molecule has 4 nitrogen and oxygen atoms in total. The minimum Gasteiger partial charge on any atom is -0.479 e. The zero-order valence-corrected chi connectivity index (χ0v) is 15.5. The third-order valence-corrected chi connectivity index (χ3v) is 3.87. The number of benzene rings is 1. The van der Waals surface area contributed by atoms with Crippen molar-refractivity contribution in [1.82, 2.24) is 4.90 Å². The summed E-state index contributed by atoms with van der Waals surface area (Å²) in [6.45, 7) is 6.30. The molecule has 1 rings (SSSR count). The van der Waals surface area contributed by atoms with Crippen molar-refractivity contribution in [2.45, 2.75) is 39.3 Å². The molecule has 0 saturated carbocycles. The van der Waals surface area contributed by atoms with Gasteiger partial charge in [-0.3, -0.25) is 4.79 Å². The van der Waals surface area contributed by atoms with Gasteiger partial charge in [-0.05, 0) is 37.5 Å². The monoisotopic (exact) mass is 366 g/mol. The molecule has 0 radical (unpaired) electrons. The maximum Gasteiger partial charge on any atom is 0.263 e. The van der Waals surface area contributed by atoms with Crippen LogP contribution in [-0.4, -0.2) is 36.5 Å². The molecule has 0 aliphatic carbocycles. The van der Waals surface area contributed by atoms with Crippen LogP contribution in [0.4, 0.5) is 4.39 Å². The highest BCUT2D eigenvalue weighted by Gasteiger charge is 2.21. The summed E-state index contributed by atoms with van der Waals surface area (Å²) < 4.78 is 18.5. The van der Waals surface area contributed by atoms with E-state index in [0.717, 1.165) is 12.5 Å². The molecule has 0 heterocycles. The first-order chi connectivity index (χ1) is 10.2. The molecule has 2 atom stereocenters. The van der Waals surface area contributed by atoms with Crippen LogP contribution in [0.1, 0.15) is 27.2 Å². The van der Waals surface area contributed by atoms with E-state index >= 15 is 0 Å². The van der Waals surface area contributed by atoms with E-state index in [0.29, 0.717) is 12.5 Å². The van der Waals surface area contributed by atoms with E-state index in [1.807, 2.05) is 0 Å². The smallest absolute Gasteiger partial charge is 0.263 e. The van der Waals surface area contributed by atoms with Crippen LogP contribution in [0.25, 0.3) is 0 Å². The minimum absolute atomic E-state index is 0. The first-order valence-electron chi connectivity index (χ1n) is 7.34. The number of likely N-dealkylation sites (N-methyl/N-ethyl adjacent to an activating group) is 1. The summed E-state index contributed by atoms with van der Waals surface area (Å²) in [6.07, 6.45) is 0.0208. The van der Waals surface area contributed by atoms with Crippen molar-refractivity contribution in [2.24, 2.45) is 11.7 Å². The van der Waals surface area contributed by atoms with Crippen molar-refractivity contribution >= 4 is 29.9 Å². The summed E-state index contributed by atoms with van der Waals surface area (Å²) in [5, 5.41) is 0.143. The molecule has 0 aliphatic rings. The molecule has 1 aromatic carbocycles. The van der Waals surface area contributed by atoms with Crippen molar-refractivity contribution in [3.63, 3.8) is 0 Å². The Balaban J connectivity index is 0.00000484. The summed E-state index contributed by atoms with van der Waals surface area (Å²) in [5.74, 6) is 0.0406. The molecule has 0 aromatic heterocycles. The number of hydrogen-bond acceptors (Lipinski definition) is 3. The molecule has 2 N–H and O–H groups in total. The quantitative estimate of drug-likeness (QED) is 0.803. The fraction of sp³-hybridized carbons (Fsp3) is 0.562. The number of ether oxygens (including phenoxy) is 1. The number of carbonyl (C=O) groups is 1. The van der Waals surface area contributed by atoms with Gasteiger partial charge in [0.15, 0.2) is 6.10 Å². The number of halogens is 3. The van der Waals surface area contributed by atoms with Gasteiger partial charge in [0.1, 0.15) is 11.6 Å². The number of carbonyl (C=O) groups excluding carboxylic acids is 1. The van der Waals surface area contributed by atoms with Crippen molar-refractivity contribution in [1.29, 1.82) is 0 Å². The number of hydrogen-bond donors (Lipinski definition) is 1. The van der Waals surface area contributed by atoms with Gasteiger partial charge in [0.05, 0.1) is 5.02 Å². The fourth-order valence-electron chi connectivity index (χ4n) is 1.91. The second-order valence-corrected chi connectivity index (χ2v) is 6.20. The summed E-state index contributed by atoms with van der Waals surface area (Å²) in [6, 6.07) is 3.86. The Labute approximate surface area is 148 Å². The maximum absolute atomic E-state index is 13.0. The highest BCUT2D eigenvalue weighted by atomic mass is 35.5. The molecule has 0 bridgehead atoms. The molecule has 0 spiro atoms. The lowest BCUT2D eigenvalue weighted by molar-refractivity contribution is -0.136. The Morgan fingerprint density at radius 1 is 1.39 bits per heavy atom. The number of nitrogens with two attached hydrogens (primary N) is 1. The third-order valence-electron chi connectivity index (χ3n) is 3.58. The number of amides is 1. The van der Waals surface area contributed by atoms with E-state index in [1.165, 1.54) is 12.1 Å². The van der Waals surface area contributed by atoms with Crippen LogP contribution in [-0.2, 0) is 4.79 Å². The zero-order valence-electron chi connectivity index (χ0n) is 13.9. The lowest BCUT2D eigenvalue weighted by atomic mass is 10.0. The van der Waals surface area contributed by atoms with Gasteiger partial charge in [0, 0.05) is 19.6 Å². The summed E-state index contributed by atoms with van der Waals surface area (Å²) in [7, 11) is 1.71. The van der Waals surface area contributed by atoms with Gasteiger partial charge in [-0.2, -0.15) is 0 Å². The Morgan fingerprint density at radius 2 is 2.00 bits per heavy atom. The topological polar surface area (TPSA) is 55.6 Å². The average molecular weight is 367 g/mol. The Bertz CT molecular complexity index is 515. The second kappa shape index (κ2) is 9.96. The van der Waals surface area contributed by atoms with Crippen LogP contribution >= 0.6 is 24.0 Å². The van der Waals surface area contributed by atoms with Crippen LogP contribution in [0, 0.1) is 11.7 Å². The van der Waals surface area contributed by atoms with Gasteiger partial charge < -0.3 is 15.4 Å². The van der Waals surface area contributed by atoms with Crippen LogP contribution in [0.5, 0.6) is 5.75 Å². The molecule has 2 unspecified atom stereocenters. The van der Waals surface area contributed by atoms with Gasteiger partial charge in [-0.1, -0.05) is 25.4 Å². The molecule has 132 valence electrons. The van der Waals surface area contributed by atoms with Crippen molar-refractivity contribution in [2.75, 3.05) is 13.6 Å². The summed E-state index contributed by atoms with van der Waals surface area (Å²) in [5.41, 5.74) is 5.98. The highest BCUT2D eigenvalue weighted by Crippen LogP contribution is 2.26. The van der Waals surface area contributed by atoms with E-state index < -0.39 is 11.9 Å². The standard InChI is InChI=1S/C16H24ClFN2O2.ClH/c1-10(2)14(19)7-8-20(4)16(21)11(3)22-15-6-5-12(18)9-13(15)17;/h5-6,9-11,14H,7-8,19H2,1-4H3;1H. The predicted octanol–water partition coefficient (Wildman–Crippen LogP) is 3.50. The SMILES string of the molecule is CC(Oc1ccc(F)cc1Cl)C(=O)N(C)CCC(N)C(C)C.Cl. The number of rotatable bonds is 7. The largest absolute Gasteiger partial charge is 0.479 e. The predicted molar refractivity (Wildman–Crippen MR) is 93.8 cm³/mol. The molecule has 0 saturated heterocycles. The lowest BCUT2D eigenvalue weighted by Gasteiger charge is -2.24. The van der Waals surface area contributed by atoms with Gasteiger partial charge in [-0.15, -0.1) is 12.4 Å². The van der Waals surface area contributed by atoms with E-state index in [2.05, 4.69) is 13.8 Å². The van der Waals surface area contributed by atoms with Crippen LogP contribution in [0.2, 0.25) is 5.02 Å². The van der Waals surface area contributed by atoms with Crippen molar-refractivity contribution in [3.8, 4) is 5.75 Å². The average Bonchev–Trinajstić information content (AvgIpc) is 2.46. The van der Waals surface area contributed by atoms with Gasteiger partial charge in [-0.25, -0.2) is 4.39 Å². The Hall–Kier alpha value is -1.04. The van der Waals surface area contributed by atoms with E-state index in [-0.39, 0.29) is 35.1 Å². The Kier molecular flexibility index (Phi) is 9.51. The van der Waals surface area contributed by atoms with Crippen molar-refractivity contribution < 1.29 is 13.9 Å². The first kappa shape index (κ1) is 22.0. The molecular weight excluding hydrogens is 342 g/mol. The zero-order chi connectivity index (χ0) is 16.9. The minimum atomic E-state index is -0.705. The lowest BCUT2D eigenvalue weighted by Crippen LogP contribution is -2.40. The van der Waals surface area contributed by atoms with E-state index in [9.17, 15) is 9.18 Å². The van der Waals surface area contributed by atoms with Crippen LogP contribution < -0.4 is 10.5 Å². The molecule has 1 aromatic rings. The van der Waals surface area contributed by atoms with E-state index in [4.69, 9.17) is 22.1 Å². The number of nitrogens with zero attached hydrogens (tertiary/aromatic N) is 1. The Morgan fingerprint density at radius 3 is 2.52 bits per heavy atom. The molecular formula is C16H25Cl2FN2O2. The van der Waals surface area contributed by atoms with Crippen LogP contribution in [0.3, 0.4) is 0 Å². The molecule has 23 heavy (non-hydrogen) atoms. The molecule has 7 heteroatoms. The van der Waals surface area contributed by atoms with Gasteiger partial charge >= 0.3 is 0 Å². The normalized spacial score (nSPS) is 13.2. The third kappa shape index (κ3) is 6.94. The van der Waals surface area contributed by atoms with Crippen molar-refractivity contribution in [3.05, 3.63) is 29.0 Å². The summed E-state index contributed by atoms with van der Waals surface area (Å²) >= 11 is 5.89. The highest BCUT2D eigenvalue weighted by molar-refractivity contribution is 6.32. The van der Waals surface area contributed by atoms with Crippen LogP contribution in [0.15, 0.2) is 18.2 Å². The van der Waals surface area contributed by atoms with Gasteiger partial charge in [0.2, 0.25) is 0 Å². The summed E-state index contributed by atoms with van der Waals surface area (Å²) in [4.78, 5) is 13.8. The second-order valence-electron chi connectivity index (χ2n) is 5.79. The molecule has 0 fully saturated rings. The molecule has 0 aliphatic heterocycles.